The van der Waals surface area contributed by atoms with Crippen LogP contribution < -0.4 is 5.32 Å². The maximum Gasteiger partial charge on any atom is 0.348 e. The molecule has 0 radical (unpaired) electrons. The number of amides is 3. The van der Waals surface area contributed by atoms with Gasteiger partial charge in [-0.15, -0.1) is 11.3 Å². The van der Waals surface area contributed by atoms with E-state index in [4.69, 9.17) is 4.74 Å². The van der Waals surface area contributed by atoms with E-state index < -0.39 is 24.5 Å². The highest BCUT2D eigenvalue weighted by molar-refractivity contribution is 7.14. The molecule has 1 aromatic rings. The minimum Gasteiger partial charge on any atom is -0.451 e. The van der Waals surface area contributed by atoms with Crippen molar-refractivity contribution in [1.82, 2.24) is 10.2 Å². The Bertz CT molecular complexity index is 572. The Balaban J connectivity index is 1.57. The van der Waals surface area contributed by atoms with E-state index >= 15 is 0 Å². The van der Waals surface area contributed by atoms with Crippen molar-refractivity contribution in [2.75, 3.05) is 19.7 Å². The normalized spacial score (nSPS) is 17.3. The average molecular weight is 308 g/mol. The highest BCUT2D eigenvalue weighted by Gasteiger charge is 2.27. The van der Waals surface area contributed by atoms with Crippen LogP contribution in [0, 0.1) is 0 Å². The summed E-state index contributed by atoms with van der Waals surface area (Å²) in [6.45, 7) is 0.369. The number of rotatable bonds is 3. The summed E-state index contributed by atoms with van der Waals surface area (Å²) in [5.74, 6) is -0.970. The number of urea groups is 1. The Hall–Kier alpha value is -1.89. The summed E-state index contributed by atoms with van der Waals surface area (Å²) >= 11 is 1.45. The molecule has 0 bridgehead atoms. The molecule has 0 aromatic carbocycles. The SMILES string of the molecule is O=C(OCC(=O)N1CCNC1=O)c1cc2c(s1)CCCC2. The molecule has 0 spiro atoms. The number of imide groups is 1. The third-order valence-corrected chi connectivity index (χ3v) is 4.90. The van der Waals surface area contributed by atoms with Gasteiger partial charge in [0.2, 0.25) is 0 Å². The smallest absolute Gasteiger partial charge is 0.348 e. The predicted octanol–water partition coefficient (Wildman–Crippen LogP) is 1.34. The van der Waals surface area contributed by atoms with Crippen molar-refractivity contribution in [2.24, 2.45) is 0 Å². The number of esters is 1. The summed E-state index contributed by atoms with van der Waals surface area (Å²) in [7, 11) is 0. The van der Waals surface area contributed by atoms with Gasteiger partial charge in [-0.2, -0.15) is 0 Å². The lowest BCUT2D eigenvalue weighted by atomic mass is 9.99. The number of thiophene rings is 1. The van der Waals surface area contributed by atoms with Crippen LogP contribution in [0.3, 0.4) is 0 Å². The molecule has 1 aliphatic heterocycles. The van der Waals surface area contributed by atoms with Crippen LogP contribution in [0.2, 0.25) is 0 Å². The molecule has 6 nitrogen and oxygen atoms in total. The monoisotopic (exact) mass is 308 g/mol. The molecule has 2 aliphatic rings. The van der Waals surface area contributed by atoms with Gasteiger partial charge in [0.05, 0.1) is 0 Å². The summed E-state index contributed by atoms with van der Waals surface area (Å²) in [5.41, 5.74) is 1.23. The number of hydrogen-bond acceptors (Lipinski definition) is 5. The number of nitrogens with zero attached hydrogens (tertiary/aromatic N) is 1. The molecule has 3 rings (SSSR count). The van der Waals surface area contributed by atoms with E-state index in [1.807, 2.05) is 6.07 Å². The standard InChI is InChI=1S/C14H16N2O4S/c17-12(16-6-5-15-14(16)19)8-20-13(18)11-7-9-3-1-2-4-10(9)21-11/h7H,1-6,8H2,(H,15,19). The van der Waals surface area contributed by atoms with Crippen molar-refractivity contribution in [3.8, 4) is 0 Å². The lowest BCUT2D eigenvalue weighted by molar-refractivity contribution is -0.130. The largest absolute Gasteiger partial charge is 0.451 e. The van der Waals surface area contributed by atoms with Gasteiger partial charge in [0.15, 0.2) is 6.61 Å². The number of ether oxygens (including phenoxy) is 1. The van der Waals surface area contributed by atoms with Crippen LogP contribution in [0.4, 0.5) is 4.79 Å². The molecule has 7 heteroatoms. The number of aryl methyl sites for hydroxylation is 2. The van der Waals surface area contributed by atoms with Crippen molar-refractivity contribution < 1.29 is 19.1 Å². The molecule has 0 unspecified atom stereocenters. The molecule has 112 valence electrons. The van der Waals surface area contributed by atoms with E-state index in [2.05, 4.69) is 5.32 Å². The fourth-order valence-electron chi connectivity index (χ4n) is 2.58. The summed E-state index contributed by atoms with van der Waals surface area (Å²) < 4.78 is 5.03. The molecular weight excluding hydrogens is 292 g/mol. The quantitative estimate of drug-likeness (QED) is 0.855. The number of nitrogens with one attached hydrogen (secondary N) is 1. The highest BCUT2D eigenvalue weighted by Crippen LogP contribution is 2.29. The van der Waals surface area contributed by atoms with Gasteiger partial charge >= 0.3 is 12.0 Å². The first-order chi connectivity index (χ1) is 10.1. The van der Waals surface area contributed by atoms with Crippen LogP contribution in [-0.2, 0) is 22.4 Å². The molecule has 1 saturated heterocycles. The zero-order valence-corrected chi connectivity index (χ0v) is 12.3. The van der Waals surface area contributed by atoms with Crippen LogP contribution >= 0.6 is 11.3 Å². The van der Waals surface area contributed by atoms with E-state index in [1.54, 1.807) is 0 Å². The summed E-state index contributed by atoms with van der Waals surface area (Å²) in [6, 6.07) is 1.44. The van der Waals surface area contributed by atoms with Crippen molar-refractivity contribution in [2.45, 2.75) is 25.7 Å². The van der Waals surface area contributed by atoms with Crippen LogP contribution in [0.25, 0.3) is 0 Å². The zero-order valence-electron chi connectivity index (χ0n) is 11.5. The van der Waals surface area contributed by atoms with E-state index in [1.165, 1.54) is 21.8 Å². The average Bonchev–Trinajstić information content (AvgIpc) is 3.10. The van der Waals surface area contributed by atoms with Crippen molar-refractivity contribution in [1.29, 1.82) is 0 Å². The van der Waals surface area contributed by atoms with Crippen molar-refractivity contribution in [3.05, 3.63) is 21.4 Å². The Morgan fingerprint density at radius 2 is 2.14 bits per heavy atom. The molecular formula is C14H16N2O4S. The lowest BCUT2D eigenvalue weighted by Crippen LogP contribution is -2.37. The Kier molecular flexibility index (Phi) is 3.92. The van der Waals surface area contributed by atoms with E-state index in [-0.39, 0.29) is 0 Å². The molecule has 0 saturated carbocycles. The molecule has 2 heterocycles. The van der Waals surface area contributed by atoms with Gasteiger partial charge in [-0.1, -0.05) is 0 Å². The highest BCUT2D eigenvalue weighted by atomic mass is 32.1. The fraction of sp³-hybridized carbons (Fsp3) is 0.500. The van der Waals surface area contributed by atoms with Gasteiger partial charge in [0.1, 0.15) is 4.88 Å². The summed E-state index contributed by atoms with van der Waals surface area (Å²) in [6.07, 6.45) is 4.33. The van der Waals surface area contributed by atoms with Crippen molar-refractivity contribution >= 4 is 29.2 Å². The molecule has 21 heavy (non-hydrogen) atoms. The Labute approximate surface area is 126 Å². The van der Waals surface area contributed by atoms with Crippen LogP contribution in [-0.4, -0.2) is 42.5 Å². The minimum absolute atomic E-state index is 0.322. The van der Waals surface area contributed by atoms with Gasteiger partial charge in [-0.25, -0.2) is 9.59 Å². The van der Waals surface area contributed by atoms with Gasteiger partial charge in [0, 0.05) is 18.0 Å². The van der Waals surface area contributed by atoms with Gasteiger partial charge < -0.3 is 10.1 Å². The fourth-order valence-corrected chi connectivity index (χ4v) is 3.72. The van der Waals surface area contributed by atoms with Gasteiger partial charge in [-0.05, 0) is 37.3 Å². The van der Waals surface area contributed by atoms with Crippen LogP contribution in [0.5, 0.6) is 0 Å². The number of fused-ring (bicyclic) bond motifs is 1. The second kappa shape index (κ2) is 5.85. The second-order valence-corrected chi connectivity index (χ2v) is 6.26. The summed E-state index contributed by atoms with van der Waals surface area (Å²) in [4.78, 5) is 37.9. The van der Waals surface area contributed by atoms with Crippen molar-refractivity contribution in [3.63, 3.8) is 0 Å². The molecule has 0 atom stereocenters. The molecule has 1 fully saturated rings. The van der Waals surface area contributed by atoms with E-state index in [0.29, 0.717) is 18.0 Å². The molecule has 1 aliphatic carbocycles. The van der Waals surface area contributed by atoms with Crippen LogP contribution in [0.15, 0.2) is 6.07 Å². The predicted molar refractivity (Wildman–Crippen MR) is 76.4 cm³/mol. The first kappa shape index (κ1) is 14.1. The Morgan fingerprint density at radius 3 is 2.86 bits per heavy atom. The zero-order chi connectivity index (χ0) is 14.8. The number of hydrogen-bond donors (Lipinski definition) is 1. The third kappa shape index (κ3) is 2.92. The first-order valence-electron chi connectivity index (χ1n) is 7.02. The number of carbonyl (C=O) groups is 3. The van der Waals surface area contributed by atoms with Gasteiger partial charge in [0.25, 0.3) is 5.91 Å². The van der Waals surface area contributed by atoms with Gasteiger partial charge in [-0.3, -0.25) is 9.69 Å². The van der Waals surface area contributed by atoms with E-state index in [9.17, 15) is 14.4 Å². The maximum absolute atomic E-state index is 12.0. The first-order valence-corrected chi connectivity index (χ1v) is 7.83. The minimum atomic E-state index is -0.486. The number of carbonyl (C=O) groups excluding carboxylic acids is 3. The topological polar surface area (TPSA) is 75.7 Å². The van der Waals surface area contributed by atoms with Crippen LogP contribution in [0.1, 0.15) is 33.0 Å². The third-order valence-electron chi connectivity index (χ3n) is 3.68. The van der Waals surface area contributed by atoms with E-state index in [0.717, 1.165) is 30.6 Å². The molecule has 3 amide bonds. The Morgan fingerprint density at radius 1 is 1.33 bits per heavy atom. The summed E-state index contributed by atoms with van der Waals surface area (Å²) in [5, 5.41) is 2.53. The second-order valence-electron chi connectivity index (χ2n) is 5.12. The maximum atomic E-state index is 12.0. The lowest BCUT2D eigenvalue weighted by Gasteiger charge is -2.11. The molecule has 1 aromatic heterocycles. The molecule has 1 N–H and O–H groups in total.